The van der Waals surface area contributed by atoms with Crippen molar-refractivity contribution in [3.8, 4) is 0 Å². The van der Waals surface area contributed by atoms with Gasteiger partial charge in [0.1, 0.15) is 5.78 Å². The normalized spacial score (nSPS) is 10.4. The average molecular weight is 266 g/mol. The maximum absolute atomic E-state index is 11.9. The van der Waals surface area contributed by atoms with Gasteiger partial charge in [0.25, 0.3) is 0 Å². The van der Waals surface area contributed by atoms with Gasteiger partial charge in [-0.2, -0.15) is 0 Å². The first-order valence-electron chi connectivity index (χ1n) is 7.35. The van der Waals surface area contributed by atoms with Crippen molar-refractivity contribution in [1.82, 2.24) is 0 Å². The molecule has 104 valence electrons. The summed E-state index contributed by atoms with van der Waals surface area (Å²) in [7, 11) is 0. The number of hydrogen-bond donors (Lipinski definition) is 0. The first kappa shape index (κ1) is 14.5. The fourth-order valence-electron chi connectivity index (χ4n) is 2.30. The van der Waals surface area contributed by atoms with Crippen molar-refractivity contribution in [2.24, 2.45) is 0 Å². The summed E-state index contributed by atoms with van der Waals surface area (Å²) in [5, 5.41) is 0. The van der Waals surface area contributed by atoms with Gasteiger partial charge in [0, 0.05) is 12.8 Å². The van der Waals surface area contributed by atoms with E-state index in [9.17, 15) is 4.79 Å². The van der Waals surface area contributed by atoms with Crippen LogP contribution < -0.4 is 0 Å². The van der Waals surface area contributed by atoms with E-state index < -0.39 is 0 Å². The van der Waals surface area contributed by atoms with Crippen LogP contribution in [-0.2, 0) is 17.6 Å². The molecule has 0 unspecified atom stereocenters. The Morgan fingerprint density at radius 3 is 2.15 bits per heavy atom. The Hall–Kier alpha value is -1.89. The van der Waals surface area contributed by atoms with Crippen LogP contribution in [0, 0.1) is 6.92 Å². The van der Waals surface area contributed by atoms with Crippen LogP contribution in [-0.4, -0.2) is 5.78 Å². The topological polar surface area (TPSA) is 17.1 Å². The van der Waals surface area contributed by atoms with E-state index in [0.717, 1.165) is 19.3 Å². The van der Waals surface area contributed by atoms with Gasteiger partial charge in [0.15, 0.2) is 0 Å². The minimum absolute atomic E-state index is 0.376. The number of hydrogen-bond acceptors (Lipinski definition) is 1. The minimum Gasteiger partial charge on any atom is -0.300 e. The molecule has 0 saturated heterocycles. The molecule has 0 N–H and O–H groups in total. The lowest BCUT2D eigenvalue weighted by atomic mass is 10.0. The Morgan fingerprint density at radius 2 is 1.45 bits per heavy atom. The summed E-state index contributed by atoms with van der Waals surface area (Å²) in [6.07, 6.45) is 4.18. The van der Waals surface area contributed by atoms with Gasteiger partial charge in [-0.3, -0.25) is 4.79 Å². The molecular weight excluding hydrogens is 244 g/mol. The zero-order chi connectivity index (χ0) is 14.2. The quantitative estimate of drug-likeness (QED) is 0.720. The van der Waals surface area contributed by atoms with Crippen LogP contribution in [0.25, 0.3) is 0 Å². The third-order valence-corrected chi connectivity index (χ3v) is 3.58. The van der Waals surface area contributed by atoms with Gasteiger partial charge in [0.05, 0.1) is 0 Å². The molecule has 0 amide bonds. The second-order valence-electron chi connectivity index (χ2n) is 5.36. The molecule has 0 aliphatic rings. The fourth-order valence-corrected chi connectivity index (χ4v) is 2.30. The molecule has 0 saturated carbocycles. The SMILES string of the molecule is Cc1ccc(CCC(=O)CCCc2ccccc2)cc1. The molecule has 0 fully saturated rings. The van der Waals surface area contributed by atoms with E-state index in [0.29, 0.717) is 18.6 Å². The molecule has 0 atom stereocenters. The highest BCUT2D eigenvalue weighted by atomic mass is 16.1. The highest BCUT2D eigenvalue weighted by molar-refractivity contribution is 5.78. The van der Waals surface area contributed by atoms with Crippen LogP contribution in [0.3, 0.4) is 0 Å². The van der Waals surface area contributed by atoms with E-state index in [4.69, 9.17) is 0 Å². The van der Waals surface area contributed by atoms with Crippen LogP contribution in [0.15, 0.2) is 54.6 Å². The smallest absolute Gasteiger partial charge is 0.133 e. The van der Waals surface area contributed by atoms with Gasteiger partial charge in [-0.25, -0.2) is 0 Å². The summed E-state index contributed by atoms with van der Waals surface area (Å²) in [5.74, 6) is 0.376. The molecule has 1 nitrogen and oxygen atoms in total. The molecule has 0 spiro atoms. The third-order valence-electron chi connectivity index (χ3n) is 3.58. The lowest BCUT2D eigenvalue weighted by molar-refractivity contribution is -0.119. The first-order chi connectivity index (χ1) is 9.74. The first-order valence-corrected chi connectivity index (χ1v) is 7.35. The second kappa shape index (κ2) is 7.64. The van der Waals surface area contributed by atoms with Gasteiger partial charge < -0.3 is 0 Å². The molecule has 0 aliphatic carbocycles. The van der Waals surface area contributed by atoms with E-state index in [1.807, 2.05) is 6.07 Å². The number of Topliss-reactive ketones (excluding diaryl/α,β-unsaturated/α-hetero) is 1. The van der Waals surface area contributed by atoms with Gasteiger partial charge in [-0.05, 0) is 37.3 Å². The van der Waals surface area contributed by atoms with E-state index in [1.165, 1.54) is 16.7 Å². The molecule has 0 bridgehead atoms. The molecule has 20 heavy (non-hydrogen) atoms. The average Bonchev–Trinajstić information content (AvgIpc) is 2.48. The van der Waals surface area contributed by atoms with Crippen LogP contribution in [0.5, 0.6) is 0 Å². The van der Waals surface area contributed by atoms with Crippen LogP contribution >= 0.6 is 0 Å². The molecule has 0 heterocycles. The van der Waals surface area contributed by atoms with Crippen molar-refractivity contribution in [2.75, 3.05) is 0 Å². The second-order valence-corrected chi connectivity index (χ2v) is 5.36. The summed E-state index contributed by atoms with van der Waals surface area (Å²) in [5.41, 5.74) is 3.84. The Balaban J connectivity index is 1.67. The molecule has 2 aromatic carbocycles. The molecule has 1 heteroatoms. The predicted molar refractivity (Wildman–Crippen MR) is 83.9 cm³/mol. The number of benzene rings is 2. The van der Waals surface area contributed by atoms with Crippen molar-refractivity contribution < 1.29 is 4.79 Å². The lowest BCUT2D eigenvalue weighted by Gasteiger charge is -2.03. The lowest BCUT2D eigenvalue weighted by Crippen LogP contribution is -2.01. The molecule has 0 aromatic heterocycles. The largest absolute Gasteiger partial charge is 0.300 e. The van der Waals surface area contributed by atoms with Crippen LogP contribution in [0.1, 0.15) is 36.0 Å². The van der Waals surface area contributed by atoms with E-state index >= 15 is 0 Å². The maximum Gasteiger partial charge on any atom is 0.133 e. The monoisotopic (exact) mass is 266 g/mol. The number of aryl methyl sites for hydroxylation is 3. The summed E-state index contributed by atoms with van der Waals surface area (Å²) < 4.78 is 0. The minimum atomic E-state index is 0.376. The summed E-state index contributed by atoms with van der Waals surface area (Å²) >= 11 is 0. The number of carbonyl (C=O) groups excluding carboxylic acids is 1. The molecular formula is C19H22O. The van der Waals surface area contributed by atoms with Gasteiger partial charge in [-0.15, -0.1) is 0 Å². The fraction of sp³-hybridized carbons (Fsp3) is 0.316. The zero-order valence-electron chi connectivity index (χ0n) is 12.1. The molecule has 0 radical (unpaired) electrons. The van der Waals surface area contributed by atoms with Gasteiger partial charge >= 0.3 is 0 Å². The maximum atomic E-state index is 11.9. The van der Waals surface area contributed by atoms with Crippen LogP contribution in [0.2, 0.25) is 0 Å². The third kappa shape index (κ3) is 5.00. The standard InChI is InChI=1S/C19H22O/c1-16-10-12-18(13-11-16)14-15-19(20)9-5-8-17-6-3-2-4-7-17/h2-4,6-7,10-13H,5,8-9,14-15H2,1H3. The van der Waals surface area contributed by atoms with Gasteiger partial charge in [0.2, 0.25) is 0 Å². The summed E-state index contributed by atoms with van der Waals surface area (Å²) in [4.78, 5) is 11.9. The Bertz CT molecular complexity index is 525. The van der Waals surface area contributed by atoms with Crippen molar-refractivity contribution in [3.05, 3.63) is 71.3 Å². The van der Waals surface area contributed by atoms with Crippen molar-refractivity contribution in [1.29, 1.82) is 0 Å². The van der Waals surface area contributed by atoms with Crippen LogP contribution in [0.4, 0.5) is 0 Å². The van der Waals surface area contributed by atoms with Crippen molar-refractivity contribution in [3.63, 3.8) is 0 Å². The molecule has 2 rings (SSSR count). The Labute approximate surface area is 121 Å². The number of carbonyl (C=O) groups is 1. The zero-order valence-corrected chi connectivity index (χ0v) is 12.1. The predicted octanol–water partition coefficient (Wildman–Crippen LogP) is 4.52. The van der Waals surface area contributed by atoms with E-state index in [1.54, 1.807) is 0 Å². The summed E-state index contributed by atoms with van der Waals surface area (Å²) in [6.45, 7) is 2.08. The molecule has 0 aliphatic heterocycles. The summed E-state index contributed by atoms with van der Waals surface area (Å²) in [6, 6.07) is 18.8. The van der Waals surface area contributed by atoms with Gasteiger partial charge in [-0.1, -0.05) is 60.2 Å². The Morgan fingerprint density at radius 1 is 0.800 bits per heavy atom. The van der Waals surface area contributed by atoms with Crippen molar-refractivity contribution >= 4 is 5.78 Å². The Kier molecular flexibility index (Phi) is 5.55. The number of ketones is 1. The number of rotatable bonds is 7. The van der Waals surface area contributed by atoms with E-state index in [-0.39, 0.29) is 0 Å². The highest BCUT2D eigenvalue weighted by Gasteiger charge is 2.03. The highest BCUT2D eigenvalue weighted by Crippen LogP contribution is 2.09. The van der Waals surface area contributed by atoms with Crippen molar-refractivity contribution in [2.45, 2.75) is 39.0 Å². The molecule has 2 aromatic rings. The van der Waals surface area contributed by atoms with E-state index in [2.05, 4.69) is 55.5 Å².